The zero-order valence-electron chi connectivity index (χ0n) is 9.08. The van der Waals surface area contributed by atoms with E-state index in [0.29, 0.717) is 5.92 Å². The lowest BCUT2D eigenvalue weighted by molar-refractivity contribution is 0.531. The van der Waals surface area contributed by atoms with Gasteiger partial charge in [-0.05, 0) is 5.92 Å². The van der Waals surface area contributed by atoms with Gasteiger partial charge in [0.1, 0.15) is 5.82 Å². The molecule has 0 bridgehead atoms. The molecule has 1 fully saturated rings. The third kappa shape index (κ3) is 2.14. The molecule has 0 aromatic carbocycles. The second-order valence-corrected chi connectivity index (χ2v) is 4.65. The number of nitrogens with one attached hydrogen (secondary N) is 1. The molecule has 0 atom stereocenters. The zero-order valence-corrected chi connectivity index (χ0v) is 9.08. The van der Waals surface area contributed by atoms with Crippen LogP contribution in [-0.2, 0) is 6.42 Å². The van der Waals surface area contributed by atoms with E-state index in [9.17, 15) is 0 Å². The molecule has 1 aromatic heterocycles. The lowest BCUT2D eigenvalue weighted by Crippen LogP contribution is -2.00. The third-order valence-electron chi connectivity index (χ3n) is 3.02. The molecule has 2 rings (SSSR count). The Balaban J connectivity index is 1.95. The van der Waals surface area contributed by atoms with Gasteiger partial charge in [0.25, 0.3) is 0 Å². The molecule has 0 saturated heterocycles. The minimum absolute atomic E-state index is 0.434. The van der Waals surface area contributed by atoms with Crippen LogP contribution in [-0.4, -0.2) is 15.2 Å². The largest absolute Gasteiger partial charge is 0.263 e. The van der Waals surface area contributed by atoms with Gasteiger partial charge in [-0.1, -0.05) is 39.5 Å². The van der Waals surface area contributed by atoms with Gasteiger partial charge in [-0.15, -0.1) is 0 Å². The number of rotatable bonds is 3. The molecule has 0 spiro atoms. The van der Waals surface area contributed by atoms with Crippen molar-refractivity contribution in [2.24, 2.45) is 5.92 Å². The molecule has 78 valence electrons. The van der Waals surface area contributed by atoms with Gasteiger partial charge in [-0.2, -0.15) is 5.10 Å². The van der Waals surface area contributed by atoms with Crippen molar-refractivity contribution in [2.45, 2.75) is 51.9 Å². The first-order chi connectivity index (χ1) is 6.75. The van der Waals surface area contributed by atoms with Crippen LogP contribution in [0.15, 0.2) is 0 Å². The molecule has 0 aliphatic heterocycles. The van der Waals surface area contributed by atoms with Crippen LogP contribution in [0.2, 0.25) is 0 Å². The summed E-state index contributed by atoms with van der Waals surface area (Å²) >= 11 is 0. The molecule has 1 heterocycles. The Kier molecular flexibility index (Phi) is 2.85. The van der Waals surface area contributed by atoms with Crippen LogP contribution in [0.1, 0.15) is 57.1 Å². The Hall–Kier alpha value is -0.860. The normalized spacial score (nSPS) is 18.2. The molecule has 1 N–H and O–H groups in total. The number of hydrogen-bond donors (Lipinski definition) is 1. The standard InChI is InChI=1S/C11H19N3/c1-8(2)11-12-10(13-14-11)7-9-5-3-4-6-9/h8-9H,3-7H2,1-2H3,(H,12,13,14). The number of aromatic amines is 1. The third-order valence-corrected chi connectivity index (χ3v) is 3.02. The van der Waals surface area contributed by atoms with E-state index >= 15 is 0 Å². The first-order valence-electron chi connectivity index (χ1n) is 5.67. The van der Waals surface area contributed by atoms with Crippen molar-refractivity contribution in [2.75, 3.05) is 0 Å². The topological polar surface area (TPSA) is 41.6 Å². The van der Waals surface area contributed by atoms with E-state index in [1.54, 1.807) is 0 Å². The number of H-pyrrole nitrogens is 1. The van der Waals surface area contributed by atoms with Gasteiger partial charge in [0.05, 0.1) is 0 Å². The Morgan fingerprint density at radius 1 is 1.36 bits per heavy atom. The smallest absolute Gasteiger partial charge is 0.153 e. The summed E-state index contributed by atoms with van der Waals surface area (Å²) in [6.07, 6.45) is 6.64. The van der Waals surface area contributed by atoms with Crippen molar-refractivity contribution < 1.29 is 0 Å². The van der Waals surface area contributed by atoms with Crippen LogP contribution >= 0.6 is 0 Å². The summed E-state index contributed by atoms with van der Waals surface area (Å²) in [6, 6.07) is 0. The molecule has 14 heavy (non-hydrogen) atoms. The molecule has 0 amide bonds. The van der Waals surface area contributed by atoms with Gasteiger partial charge < -0.3 is 0 Å². The van der Waals surface area contributed by atoms with Crippen molar-refractivity contribution >= 4 is 0 Å². The molecule has 1 saturated carbocycles. The first-order valence-corrected chi connectivity index (χ1v) is 5.67. The Morgan fingerprint density at radius 2 is 2.07 bits per heavy atom. The SMILES string of the molecule is CC(C)c1n[nH]c(CC2CCCC2)n1. The van der Waals surface area contributed by atoms with Crippen molar-refractivity contribution in [3.8, 4) is 0 Å². The molecule has 0 radical (unpaired) electrons. The van der Waals surface area contributed by atoms with E-state index < -0.39 is 0 Å². The molecule has 0 unspecified atom stereocenters. The van der Waals surface area contributed by atoms with Crippen LogP contribution in [0, 0.1) is 5.92 Å². The van der Waals surface area contributed by atoms with Crippen molar-refractivity contribution in [3.05, 3.63) is 11.6 Å². The average Bonchev–Trinajstić information content (AvgIpc) is 2.75. The van der Waals surface area contributed by atoms with Crippen LogP contribution in [0.5, 0.6) is 0 Å². The van der Waals surface area contributed by atoms with Crippen LogP contribution in [0.3, 0.4) is 0 Å². The fraction of sp³-hybridized carbons (Fsp3) is 0.818. The van der Waals surface area contributed by atoms with Crippen LogP contribution < -0.4 is 0 Å². The highest BCUT2D eigenvalue weighted by Crippen LogP contribution is 2.27. The average molecular weight is 193 g/mol. The highest BCUT2D eigenvalue weighted by molar-refractivity contribution is 4.96. The molecule has 3 nitrogen and oxygen atoms in total. The van der Waals surface area contributed by atoms with E-state index in [0.717, 1.165) is 24.0 Å². The van der Waals surface area contributed by atoms with Crippen LogP contribution in [0.25, 0.3) is 0 Å². The monoisotopic (exact) mass is 193 g/mol. The van der Waals surface area contributed by atoms with Gasteiger partial charge in [0.15, 0.2) is 5.82 Å². The Morgan fingerprint density at radius 3 is 2.64 bits per heavy atom. The lowest BCUT2D eigenvalue weighted by Gasteiger charge is -2.04. The predicted octanol–water partition coefficient (Wildman–Crippen LogP) is 2.66. The number of aromatic nitrogens is 3. The fourth-order valence-electron chi connectivity index (χ4n) is 2.15. The van der Waals surface area contributed by atoms with Gasteiger partial charge in [0, 0.05) is 12.3 Å². The number of nitrogens with zero attached hydrogens (tertiary/aromatic N) is 2. The predicted molar refractivity (Wildman–Crippen MR) is 56.1 cm³/mol. The molecule has 1 aromatic rings. The summed E-state index contributed by atoms with van der Waals surface area (Å²) < 4.78 is 0. The van der Waals surface area contributed by atoms with E-state index in [-0.39, 0.29) is 0 Å². The molecule has 3 heteroatoms. The van der Waals surface area contributed by atoms with Gasteiger partial charge in [0.2, 0.25) is 0 Å². The zero-order chi connectivity index (χ0) is 9.97. The second-order valence-electron chi connectivity index (χ2n) is 4.65. The maximum atomic E-state index is 4.51. The molecule has 1 aliphatic rings. The summed E-state index contributed by atoms with van der Waals surface area (Å²) in [6.45, 7) is 4.26. The van der Waals surface area contributed by atoms with Gasteiger partial charge in [-0.3, -0.25) is 5.10 Å². The summed E-state index contributed by atoms with van der Waals surface area (Å²) in [5.41, 5.74) is 0. The highest BCUT2D eigenvalue weighted by atomic mass is 15.2. The highest BCUT2D eigenvalue weighted by Gasteiger charge is 2.17. The summed E-state index contributed by atoms with van der Waals surface area (Å²) in [5.74, 6) is 3.32. The van der Waals surface area contributed by atoms with Crippen molar-refractivity contribution in [1.82, 2.24) is 15.2 Å². The summed E-state index contributed by atoms with van der Waals surface area (Å²) in [5, 5.41) is 7.27. The summed E-state index contributed by atoms with van der Waals surface area (Å²) in [7, 11) is 0. The molecular formula is C11H19N3. The quantitative estimate of drug-likeness (QED) is 0.801. The Labute approximate surface area is 85.3 Å². The van der Waals surface area contributed by atoms with E-state index in [1.165, 1.54) is 25.7 Å². The van der Waals surface area contributed by atoms with Crippen molar-refractivity contribution in [3.63, 3.8) is 0 Å². The molecule has 1 aliphatic carbocycles. The number of hydrogen-bond acceptors (Lipinski definition) is 2. The van der Waals surface area contributed by atoms with E-state index in [2.05, 4.69) is 29.0 Å². The minimum atomic E-state index is 0.434. The first kappa shape index (κ1) is 9.69. The fourth-order valence-corrected chi connectivity index (χ4v) is 2.15. The molecular weight excluding hydrogens is 174 g/mol. The second kappa shape index (κ2) is 4.11. The van der Waals surface area contributed by atoms with Gasteiger partial charge >= 0.3 is 0 Å². The Bertz CT molecular complexity index is 284. The minimum Gasteiger partial charge on any atom is -0.263 e. The lowest BCUT2D eigenvalue weighted by atomic mass is 10.0. The van der Waals surface area contributed by atoms with E-state index in [1.807, 2.05) is 0 Å². The maximum Gasteiger partial charge on any atom is 0.153 e. The maximum absolute atomic E-state index is 4.51. The van der Waals surface area contributed by atoms with Crippen molar-refractivity contribution in [1.29, 1.82) is 0 Å². The summed E-state index contributed by atoms with van der Waals surface area (Å²) in [4.78, 5) is 4.51. The van der Waals surface area contributed by atoms with Crippen LogP contribution in [0.4, 0.5) is 0 Å². The van der Waals surface area contributed by atoms with E-state index in [4.69, 9.17) is 0 Å². The van der Waals surface area contributed by atoms with Gasteiger partial charge in [-0.25, -0.2) is 4.98 Å².